The van der Waals surface area contributed by atoms with Gasteiger partial charge < -0.3 is 19.7 Å². The molecule has 10 heteroatoms. The standard InChI is InChI=1S/C23H30N6O3S/c1-6-29-21(16-8-9-19(31-5)25-14(16)3)26-15(4)20(22(29)30)27-17-12-28(13-18(17)32-7-2)23-24-10-11-33-23/h8-11,17-18,27H,6-7,12-13H2,1-5H3/t17-,18+/m1/s1. The fourth-order valence-electron chi connectivity index (χ4n) is 4.22. The van der Waals surface area contributed by atoms with Gasteiger partial charge in [-0.25, -0.2) is 15.0 Å². The topological polar surface area (TPSA) is 94.4 Å². The summed E-state index contributed by atoms with van der Waals surface area (Å²) in [7, 11) is 1.58. The van der Waals surface area contributed by atoms with E-state index in [0.29, 0.717) is 42.8 Å². The first kappa shape index (κ1) is 23.2. The Morgan fingerprint density at radius 1 is 1.18 bits per heavy atom. The molecule has 1 aliphatic heterocycles. The molecule has 1 N–H and O–H groups in total. The molecule has 0 saturated carbocycles. The molecule has 0 aromatic carbocycles. The second kappa shape index (κ2) is 9.88. The van der Waals surface area contributed by atoms with Gasteiger partial charge >= 0.3 is 0 Å². The molecule has 0 unspecified atom stereocenters. The average Bonchev–Trinajstić information content (AvgIpc) is 3.47. The Bertz CT molecular complexity index is 1160. The molecule has 9 nitrogen and oxygen atoms in total. The predicted molar refractivity (Wildman–Crippen MR) is 131 cm³/mol. The molecule has 33 heavy (non-hydrogen) atoms. The minimum atomic E-state index is -0.0989. The summed E-state index contributed by atoms with van der Waals surface area (Å²) in [4.78, 5) is 29.5. The summed E-state index contributed by atoms with van der Waals surface area (Å²) in [6, 6.07) is 3.63. The molecule has 3 aromatic heterocycles. The molecule has 0 amide bonds. The maximum absolute atomic E-state index is 13.6. The van der Waals surface area contributed by atoms with E-state index in [1.54, 1.807) is 35.3 Å². The average molecular weight is 471 g/mol. The van der Waals surface area contributed by atoms with Gasteiger partial charge in [0.2, 0.25) is 5.88 Å². The first-order valence-corrected chi connectivity index (χ1v) is 12.0. The van der Waals surface area contributed by atoms with Gasteiger partial charge in [0, 0.05) is 49.4 Å². The number of nitrogens with zero attached hydrogens (tertiary/aromatic N) is 5. The number of aryl methyl sites for hydroxylation is 2. The number of hydrogen-bond acceptors (Lipinski definition) is 9. The first-order valence-electron chi connectivity index (χ1n) is 11.1. The predicted octanol–water partition coefficient (Wildman–Crippen LogP) is 3.11. The van der Waals surface area contributed by atoms with Gasteiger partial charge in [0.15, 0.2) is 5.13 Å². The molecule has 3 aromatic rings. The van der Waals surface area contributed by atoms with E-state index >= 15 is 0 Å². The highest BCUT2D eigenvalue weighted by molar-refractivity contribution is 7.13. The summed E-state index contributed by atoms with van der Waals surface area (Å²) in [6.45, 7) is 10.2. The van der Waals surface area contributed by atoms with E-state index in [9.17, 15) is 4.79 Å². The van der Waals surface area contributed by atoms with E-state index in [0.717, 1.165) is 22.9 Å². The number of aromatic nitrogens is 4. The quantitative estimate of drug-likeness (QED) is 0.537. The van der Waals surface area contributed by atoms with E-state index in [4.69, 9.17) is 14.5 Å². The zero-order valence-corrected chi connectivity index (χ0v) is 20.5. The van der Waals surface area contributed by atoms with Gasteiger partial charge in [-0.15, -0.1) is 11.3 Å². The molecule has 0 spiro atoms. The van der Waals surface area contributed by atoms with Crippen molar-refractivity contribution in [1.82, 2.24) is 19.5 Å². The molecule has 0 aliphatic carbocycles. The van der Waals surface area contributed by atoms with Gasteiger partial charge in [0.25, 0.3) is 5.56 Å². The smallest absolute Gasteiger partial charge is 0.277 e. The van der Waals surface area contributed by atoms with Gasteiger partial charge in [-0.3, -0.25) is 9.36 Å². The lowest BCUT2D eigenvalue weighted by atomic mass is 10.1. The fourth-order valence-corrected chi connectivity index (χ4v) is 4.89. The molecular weight excluding hydrogens is 440 g/mol. The number of hydrogen-bond donors (Lipinski definition) is 1. The summed E-state index contributed by atoms with van der Waals surface area (Å²) in [5.41, 5.74) is 2.63. The number of ether oxygens (including phenoxy) is 2. The molecule has 1 aliphatic rings. The molecular formula is C23H30N6O3S. The minimum absolute atomic E-state index is 0.0532. The molecule has 4 rings (SSSR count). The van der Waals surface area contributed by atoms with Crippen LogP contribution in [0.3, 0.4) is 0 Å². The molecule has 0 radical (unpaired) electrons. The Hall–Kier alpha value is -2.98. The van der Waals surface area contributed by atoms with Gasteiger partial charge in [-0.1, -0.05) is 0 Å². The molecule has 1 saturated heterocycles. The number of thiazole rings is 1. The van der Waals surface area contributed by atoms with Crippen molar-refractivity contribution < 1.29 is 9.47 Å². The van der Waals surface area contributed by atoms with Crippen molar-refractivity contribution in [1.29, 1.82) is 0 Å². The van der Waals surface area contributed by atoms with Crippen LogP contribution in [0.1, 0.15) is 25.2 Å². The van der Waals surface area contributed by atoms with Crippen LogP contribution in [-0.4, -0.2) is 58.5 Å². The van der Waals surface area contributed by atoms with Crippen LogP contribution >= 0.6 is 11.3 Å². The normalized spacial score (nSPS) is 18.0. The second-order valence-corrected chi connectivity index (χ2v) is 8.77. The summed E-state index contributed by atoms with van der Waals surface area (Å²) >= 11 is 1.60. The summed E-state index contributed by atoms with van der Waals surface area (Å²) in [6.07, 6.45) is 1.75. The van der Waals surface area contributed by atoms with Crippen LogP contribution in [0, 0.1) is 13.8 Å². The molecule has 2 atom stereocenters. The lowest BCUT2D eigenvalue weighted by Crippen LogP contribution is -2.38. The Labute approximate surface area is 197 Å². The van der Waals surface area contributed by atoms with Gasteiger partial charge in [-0.2, -0.15) is 0 Å². The second-order valence-electron chi connectivity index (χ2n) is 7.90. The number of methoxy groups -OCH3 is 1. The highest BCUT2D eigenvalue weighted by Gasteiger charge is 2.35. The van der Waals surface area contributed by atoms with Crippen LogP contribution in [0.25, 0.3) is 11.4 Å². The van der Waals surface area contributed by atoms with Crippen molar-refractivity contribution >= 4 is 22.2 Å². The maximum Gasteiger partial charge on any atom is 0.277 e. The Balaban J connectivity index is 1.68. The number of anilines is 2. The molecule has 1 fully saturated rings. The summed E-state index contributed by atoms with van der Waals surface area (Å²) in [5.74, 6) is 1.14. The number of nitrogens with one attached hydrogen (secondary N) is 1. The van der Waals surface area contributed by atoms with Crippen LogP contribution in [0.15, 0.2) is 28.5 Å². The van der Waals surface area contributed by atoms with Crippen molar-refractivity contribution in [2.45, 2.75) is 46.4 Å². The van der Waals surface area contributed by atoms with Crippen LogP contribution < -0.4 is 20.5 Å². The van der Waals surface area contributed by atoms with E-state index in [1.165, 1.54) is 0 Å². The number of pyridine rings is 1. The van der Waals surface area contributed by atoms with E-state index < -0.39 is 0 Å². The summed E-state index contributed by atoms with van der Waals surface area (Å²) in [5, 5.41) is 6.40. The monoisotopic (exact) mass is 470 g/mol. The highest BCUT2D eigenvalue weighted by Crippen LogP contribution is 2.27. The van der Waals surface area contributed by atoms with Gasteiger partial charge in [0.05, 0.1) is 30.6 Å². The maximum atomic E-state index is 13.6. The third-order valence-corrected chi connectivity index (χ3v) is 6.68. The lowest BCUT2D eigenvalue weighted by Gasteiger charge is -2.22. The Kier molecular flexibility index (Phi) is 6.94. The highest BCUT2D eigenvalue weighted by atomic mass is 32.1. The third kappa shape index (κ3) is 4.58. The van der Waals surface area contributed by atoms with Crippen LogP contribution in [0.5, 0.6) is 5.88 Å². The zero-order valence-electron chi connectivity index (χ0n) is 19.7. The van der Waals surface area contributed by atoms with Crippen molar-refractivity contribution in [2.24, 2.45) is 0 Å². The van der Waals surface area contributed by atoms with Crippen LogP contribution in [0.2, 0.25) is 0 Å². The first-order chi connectivity index (χ1) is 16.0. The van der Waals surface area contributed by atoms with E-state index in [-0.39, 0.29) is 17.7 Å². The molecule has 176 valence electrons. The lowest BCUT2D eigenvalue weighted by molar-refractivity contribution is 0.0720. The minimum Gasteiger partial charge on any atom is -0.481 e. The van der Waals surface area contributed by atoms with E-state index in [1.807, 2.05) is 39.1 Å². The van der Waals surface area contributed by atoms with Crippen molar-refractivity contribution in [2.75, 3.05) is 37.0 Å². The fraction of sp³-hybridized carbons (Fsp3) is 0.478. The SMILES string of the molecule is CCO[C@H]1CN(c2nccs2)C[C@H]1Nc1c(C)nc(-c2ccc(OC)nc2C)n(CC)c1=O. The Morgan fingerprint density at radius 3 is 2.64 bits per heavy atom. The summed E-state index contributed by atoms with van der Waals surface area (Å²) < 4.78 is 12.9. The largest absolute Gasteiger partial charge is 0.481 e. The Morgan fingerprint density at radius 2 is 2.00 bits per heavy atom. The van der Waals surface area contributed by atoms with Gasteiger partial charge in [-0.05, 0) is 33.8 Å². The van der Waals surface area contributed by atoms with Crippen molar-refractivity contribution in [3.8, 4) is 17.3 Å². The number of rotatable bonds is 8. The van der Waals surface area contributed by atoms with E-state index in [2.05, 4.69) is 20.2 Å². The third-order valence-electron chi connectivity index (χ3n) is 5.84. The molecule has 4 heterocycles. The van der Waals surface area contributed by atoms with Crippen molar-refractivity contribution in [3.05, 3.63) is 45.5 Å². The molecule has 0 bridgehead atoms. The van der Waals surface area contributed by atoms with Crippen molar-refractivity contribution in [3.63, 3.8) is 0 Å². The van der Waals surface area contributed by atoms with Crippen LogP contribution in [-0.2, 0) is 11.3 Å². The van der Waals surface area contributed by atoms with Crippen LogP contribution in [0.4, 0.5) is 10.8 Å². The zero-order chi connectivity index (χ0) is 23.5. The van der Waals surface area contributed by atoms with Gasteiger partial charge in [0.1, 0.15) is 11.5 Å².